The molecule has 0 unspecified atom stereocenters. The first kappa shape index (κ1) is 17.4. The maximum Gasteiger partial charge on any atom is 0.258 e. The first-order valence-corrected chi connectivity index (χ1v) is 8.30. The molecule has 0 saturated carbocycles. The average Bonchev–Trinajstić information content (AvgIpc) is 3.06. The standard InChI is InChI=1S/C19H20F2N2O2/c20-15-9-16(21)18(17(24)10-15)19(25)22-11-13-5-1-2-6-14(13)12-23-7-3-4-8-23/h1-2,5-6,9-10,24H,3-4,7-8,11-12H2,(H,22,25). The summed E-state index contributed by atoms with van der Waals surface area (Å²) in [5.74, 6) is -3.49. The molecule has 2 aromatic carbocycles. The Hall–Kier alpha value is -2.47. The highest BCUT2D eigenvalue weighted by Crippen LogP contribution is 2.22. The molecule has 1 amide bonds. The molecule has 0 aromatic heterocycles. The molecule has 1 saturated heterocycles. The third kappa shape index (κ3) is 4.14. The van der Waals surface area contributed by atoms with Gasteiger partial charge < -0.3 is 10.4 Å². The minimum atomic E-state index is -1.08. The number of hydrogen-bond donors (Lipinski definition) is 2. The lowest BCUT2D eigenvalue weighted by atomic mass is 10.1. The summed E-state index contributed by atoms with van der Waals surface area (Å²) >= 11 is 0. The monoisotopic (exact) mass is 346 g/mol. The van der Waals surface area contributed by atoms with Crippen molar-refractivity contribution in [3.63, 3.8) is 0 Å². The molecule has 0 aliphatic carbocycles. The number of amides is 1. The second-order valence-electron chi connectivity index (χ2n) is 6.22. The number of hydrogen-bond acceptors (Lipinski definition) is 3. The van der Waals surface area contributed by atoms with Gasteiger partial charge in [0.25, 0.3) is 5.91 Å². The number of phenols is 1. The highest BCUT2D eigenvalue weighted by atomic mass is 19.1. The number of halogens is 2. The zero-order valence-corrected chi connectivity index (χ0v) is 13.8. The van der Waals surface area contributed by atoms with E-state index in [-0.39, 0.29) is 6.54 Å². The molecule has 2 N–H and O–H groups in total. The Balaban J connectivity index is 1.70. The van der Waals surface area contributed by atoms with E-state index in [0.717, 1.165) is 36.8 Å². The Kier molecular flexibility index (Phi) is 5.28. The maximum atomic E-state index is 13.8. The van der Waals surface area contributed by atoms with Crippen molar-refractivity contribution in [3.05, 3.63) is 64.7 Å². The number of carbonyl (C=O) groups is 1. The van der Waals surface area contributed by atoms with E-state index < -0.39 is 28.9 Å². The van der Waals surface area contributed by atoms with Crippen LogP contribution in [0.2, 0.25) is 0 Å². The molecular formula is C19H20F2N2O2. The van der Waals surface area contributed by atoms with Crippen molar-refractivity contribution in [2.24, 2.45) is 0 Å². The maximum absolute atomic E-state index is 13.8. The van der Waals surface area contributed by atoms with E-state index in [0.29, 0.717) is 6.07 Å². The molecule has 0 radical (unpaired) electrons. The van der Waals surface area contributed by atoms with Crippen LogP contribution >= 0.6 is 0 Å². The molecule has 132 valence electrons. The molecule has 0 spiro atoms. The summed E-state index contributed by atoms with van der Waals surface area (Å²) in [4.78, 5) is 14.5. The van der Waals surface area contributed by atoms with Gasteiger partial charge in [-0.15, -0.1) is 0 Å². The number of nitrogens with one attached hydrogen (secondary N) is 1. The van der Waals surface area contributed by atoms with E-state index in [9.17, 15) is 18.7 Å². The largest absolute Gasteiger partial charge is 0.507 e. The van der Waals surface area contributed by atoms with Gasteiger partial charge in [0.15, 0.2) is 0 Å². The van der Waals surface area contributed by atoms with E-state index in [1.165, 1.54) is 12.8 Å². The second-order valence-corrected chi connectivity index (χ2v) is 6.22. The summed E-state index contributed by atoms with van der Waals surface area (Å²) in [6.07, 6.45) is 2.39. The lowest BCUT2D eigenvalue weighted by Crippen LogP contribution is -2.26. The molecule has 1 aliphatic rings. The van der Waals surface area contributed by atoms with Crippen LogP contribution in [0.3, 0.4) is 0 Å². The zero-order chi connectivity index (χ0) is 17.8. The quantitative estimate of drug-likeness (QED) is 0.874. The molecule has 25 heavy (non-hydrogen) atoms. The van der Waals surface area contributed by atoms with Crippen LogP contribution in [0.25, 0.3) is 0 Å². The summed E-state index contributed by atoms with van der Waals surface area (Å²) in [5, 5.41) is 12.2. The predicted octanol–water partition coefficient (Wildman–Crippen LogP) is 3.20. The van der Waals surface area contributed by atoms with Gasteiger partial charge in [-0.2, -0.15) is 0 Å². The van der Waals surface area contributed by atoms with Gasteiger partial charge in [0, 0.05) is 25.2 Å². The van der Waals surface area contributed by atoms with Crippen LogP contribution in [0.4, 0.5) is 8.78 Å². The van der Waals surface area contributed by atoms with Crippen LogP contribution < -0.4 is 5.32 Å². The fraction of sp³-hybridized carbons (Fsp3) is 0.316. The smallest absolute Gasteiger partial charge is 0.258 e. The third-order valence-corrected chi connectivity index (χ3v) is 4.41. The van der Waals surface area contributed by atoms with Crippen molar-refractivity contribution < 1.29 is 18.7 Å². The molecule has 0 atom stereocenters. The van der Waals surface area contributed by atoms with Crippen molar-refractivity contribution in [1.82, 2.24) is 10.2 Å². The van der Waals surface area contributed by atoms with Crippen LogP contribution in [0.15, 0.2) is 36.4 Å². The van der Waals surface area contributed by atoms with Crippen LogP contribution in [-0.4, -0.2) is 29.0 Å². The van der Waals surface area contributed by atoms with Crippen LogP contribution in [0, 0.1) is 11.6 Å². The Bertz CT molecular complexity index is 751. The van der Waals surface area contributed by atoms with Crippen molar-refractivity contribution in [2.45, 2.75) is 25.9 Å². The van der Waals surface area contributed by atoms with Crippen LogP contribution in [0.1, 0.15) is 34.3 Å². The molecule has 1 fully saturated rings. The van der Waals surface area contributed by atoms with Crippen molar-refractivity contribution in [3.8, 4) is 5.75 Å². The summed E-state index contributed by atoms with van der Waals surface area (Å²) in [6, 6.07) is 9.05. The highest BCUT2D eigenvalue weighted by molar-refractivity contribution is 5.97. The van der Waals surface area contributed by atoms with Crippen molar-refractivity contribution >= 4 is 5.91 Å². The molecule has 1 heterocycles. The normalized spacial score (nSPS) is 14.6. The summed E-state index contributed by atoms with van der Waals surface area (Å²) in [5.41, 5.74) is 1.50. The Labute approximate surface area is 145 Å². The SMILES string of the molecule is O=C(NCc1ccccc1CN1CCCC1)c1c(O)cc(F)cc1F. The van der Waals surface area contributed by atoms with Gasteiger partial charge in [0.05, 0.1) is 0 Å². The van der Waals surface area contributed by atoms with Gasteiger partial charge in [-0.25, -0.2) is 8.78 Å². The second kappa shape index (κ2) is 7.61. The predicted molar refractivity (Wildman–Crippen MR) is 90.1 cm³/mol. The highest BCUT2D eigenvalue weighted by Gasteiger charge is 2.19. The van der Waals surface area contributed by atoms with Gasteiger partial charge >= 0.3 is 0 Å². The number of likely N-dealkylation sites (tertiary alicyclic amines) is 1. The van der Waals surface area contributed by atoms with Crippen LogP contribution in [-0.2, 0) is 13.1 Å². The van der Waals surface area contributed by atoms with Crippen molar-refractivity contribution in [2.75, 3.05) is 13.1 Å². The minimum Gasteiger partial charge on any atom is -0.507 e. The molecule has 1 aliphatic heterocycles. The van der Waals surface area contributed by atoms with Gasteiger partial charge in [-0.3, -0.25) is 9.69 Å². The van der Waals surface area contributed by atoms with Crippen LogP contribution in [0.5, 0.6) is 5.75 Å². The molecule has 3 rings (SSSR count). The fourth-order valence-electron chi connectivity index (χ4n) is 3.11. The lowest BCUT2D eigenvalue weighted by molar-refractivity contribution is 0.0943. The molecule has 0 bridgehead atoms. The van der Waals surface area contributed by atoms with Gasteiger partial charge in [0.2, 0.25) is 0 Å². The fourth-order valence-corrected chi connectivity index (χ4v) is 3.11. The molecule has 4 nitrogen and oxygen atoms in total. The topological polar surface area (TPSA) is 52.6 Å². The number of phenolic OH excluding ortho intramolecular Hbond substituents is 1. The molecular weight excluding hydrogens is 326 g/mol. The van der Waals surface area contributed by atoms with Gasteiger partial charge in [0.1, 0.15) is 22.9 Å². The zero-order valence-electron chi connectivity index (χ0n) is 13.8. The number of benzene rings is 2. The first-order chi connectivity index (χ1) is 12.0. The molecule has 6 heteroatoms. The van der Waals surface area contributed by atoms with E-state index in [1.807, 2.05) is 24.3 Å². The number of aromatic hydroxyl groups is 1. The van der Waals surface area contributed by atoms with Crippen molar-refractivity contribution in [1.29, 1.82) is 0 Å². The van der Waals surface area contributed by atoms with E-state index >= 15 is 0 Å². The Morgan fingerprint density at radius 3 is 2.48 bits per heavy atom. The molecule has 2 aromatic rings. The van der Waals surface area contributed by atoms with E-state index in [4.69, 9.17) is 0 Å². The van der Waals surface area contributed by atoms with Gasteiger partial charge in [-0.05, 0) is 37.1 Å². The number of rotatable bonds is 5. The van der Waals surface area contributed by atoms with E-state index in [2.05, 4.69) is 10.2 Å². The van der Waals surface area contributed by atoms with Gasteiger partial charge in [-0.1, -0.05) is 24.3 Å². The number of nitrogens with zero attached hydrogens (tertiary/aromatic N) is 1. The summed E-state index contributed by atoms with van der Waals surface area (Å²) in [6.45, 7) is 3.14. The Morgan fingerprint density at radius 2 is 1.80 bits per heavy atom. The summed E-state index contributed by atoms with van der Waals surface area (Å²) in [7, 11) is 0. The van der Waals surface area contributed by atoms with E-state index in [1.54, 1.807) is 0 Å². The Morgan fingerprint density at radius 1 is 1.12 bits per heavy atom. The average molecular weight is 346 g/mol. The summed E-state index contributed by atoms with van der Waals surface area (Å²) < 4.78 is 26.8. The number of carbonyl (C=O) groups excluding carboxylic acids is 1. The minimum absolute atomic E-state index is 0.207. The lowest BCUT2D eigenvalue weighted by Gasteiger charge is -2.18. The third-order valence-electron chi connectivity index (χ3n) is 4.41. The first-order valence-electron chi connectivity index (χ1n) is 8.30.